The minimum atomic E-state index is -4.14. The first-order valence-corrected chi connectivity index (χ1v) is 11.5. The molecule has 2 aromatic carbocycles. The van der Waals surface area contributed by atoms with E-state index in [0.717, 1.165) is 11.8 Å². The number of amides is 1. The van der Waals surface area contributed by atoms with Crippen molar-refractivity contribution >= 4 is 56.7 Å². The van der Waals surface area contributed by atoms with Crippen molar-refractivity contribution in [2.45, 2.75) is 16.6 Å². The molecule has 3 rings (SSSR count). The third-order valence-electron chi connectivity index (χ3n) is 3.96. The summed E-state index contributed by atoms with van der Waals surface area (Å²) < 4.78 is 35.4. The predicted molar refractivity (Wildman–Crippen MR) is 116 cm³/mol. The molecule has 1 atom stereocenters. The normalized spacial score (nSPS) is 17.5. The Bertz CT molecular complexity index is 1200. The predicted octanol–water partition coefficient (Wildman–Crippen LogP) is 1.18. The molecule has 0 aliphatic carbocycles. The number of halogens is 1. The first-order chi connectivity index (χ1) is 15.2. The van der Waals surface area contributed by atoms with Crippen molar-refractivity contribution in [3.05, 3.63) is 53.1 Å². The summed E-state index contributed by atoms with van der Waals surface area (Å²) in [5, 5.41) is 20.0. The van der Waals surface area contributed by atoms with E-state index in [9.17, 15) is 23.1 Å². The van der Waals surface area contributed by atoms with Gasteiger partial charge in [-0.2, -0.15) is 13.5 Å². The summed E-state index contributed by atoms with van der Waals surface area (Å²) in [6, 6.07) is 10.4. The molecule has 0 bridgehead atoms. The van der Waals surface area contributed by atoms with Crippen LogP contribution in [-0.4, -0.2) is 44.0 Å². The number of hydrogen-bond donors (Lipinski definition) is 1. The number of thioether (sulfide) groups is 1. The lowest BCUT2D eigenvalue weighted by molar-refractivity contribution is -0.305. The maximum Gasteiger partial charge on any atom is 0.339 e. The Labute approximate surface area is 192 Å². The summed E-state index contributed by atoms with van der Waals surface area (Å²) in [5.41, 5.74) is 0.404. The van der Waals surface area contributed by atoms with Crippen molar-refractivity contribution in [2.75, 3.05) is 7.11 Å². The first-order valence-electron chi connectivity index (χ1n) is 8.85. The van der Waals surface area contributed by atoms with Crippen LogP contribution in [0.5, 0.6) is 11.5 Å². The lowest BCUT2D eigenvalue weighted by Gasteiger charge is -2.13. The molecule has 0 unspecified atom stereocenters. The monoisotopic (exact) mass is 496 g/mol. The van der Waals surface area contributed by atoms with Gasteiger partial charge >= 0.3 is 10.1 Å². The number of methoxy groups -OCH3 is 1. The number of benzene rings is 2. The molecule has 13 heteroatoms. The standard InChI is InChI=1S/C19H16ClN3O7S2/c1-29-14-8-11(10-21-23-19-22-18(26)15(31-19)9-16(24)25)7-13(20)17(14)30-32(27,28)12-5-3-2-4-6-12/h2-8,10,15H,9H2,1H3,(H,24,25)(H,22,23,26)/p-1/b21-10-/t15-/m1/s1. The molecular weight excluding hydrogens is 482 g/mol. The molecule has 0 aromatic heterocycles. The number of carboxylic acids is 1. The van der Waals surface area contributed by atoms with Crippen molar-refractivity contribution in [3.8, 4) is 11.5 Å². The molecule has 168 valence electrons. The number of carboxylic acid groups (broad SMARTS) is 1. The van der Waals surface area contributed by atoms with Gasteiger partial charge in [-0.25, -0.2) is 0 Å². The van der Waals surface area contributed by atoms with E-state index < -0.39 is 33.7 Å². The van der Waals surface area contributed by atoms with Crippen LogP contribution in [0.1, 0.15) is 12.0 Å². The number of amidine groups is 1. The maximum atomic E-state index is 12.5. The fraction of sp³-hybridized carbons (Fsp3) is 0.158. The zero-order valence-corrected chi connectivity index (χ0v) is 18.7. The van der Waals surface area contributed by atoms with Crippen LogP contribution in [0.3, 0.4) is 0 Å². The van der Waals surface area contributed by atoms with Gasteiger partial charge in [-0.1, -0.05) is 41.6 Å². The molecular formula is C19H15ClN3O7S2-. The van der Waals surface area contributed by atoms with Crippen LogP contribution < -0.4 is 19.3 Å². The zero-order chi connectivity index (χ0) is 23.3. The number of rotatable bonds is 8. The van der Waals surface area contributed by atoms with E-state index in [0.29, 0.717) is 5.56 Å². The summed E-state index contributed by atoms with van der Waals surface area (Å²) in [6.45, 7) is 0. The fourth-order valence-corrected chi connectivity index (χ4v) is 4.72. The smallest absolute Gasteiger partial charge is 0.339 e. The Hall–Kier alpha value is -3.09. The SMILES string of the molecule is COc1cc(/C=N\N=C2\NC(=O)[C@@H](CC(=O)[O-])S2)cc(Cl)c1OS(=O)(=O)c1ccccc1. The molecule has 1 N–H and O–H groups in total. The number of nitrogens with zero attached hydrogens (tertiary/aromatic N) is 2. The summed E-state index contributed by atoms with van der Waals surface area (Å²) >= 11 is 7.13. The molecule has 1 heterocycles. The number of carbonyl (C=O) groups excluding carboxylic acids is 2. The van der Waals surface area contributed by atoms with Crippen LogP contribution in [0.25, 0.3) is 0 Å². The van der Waals surface area contributed by atoms with E-state index >= 15 is 0 Å². The van der Waals surface area contributed by atoms with Gasteiger partial charge in [0.2, 0.25) is 11.7 Å². The topological polar surface area (TPSA) is 147 Å². The summed E-state index contributed by atoms with van der Waals surface area (Å²) in [6.07, 6.45) is 0.842. The van der Waals surface area contributed by atoms with Gasteiger partial charge in [-0.15, -0.1) is 5.10 Å². The average Bonchev–Trinajstić information content (AvgIpc) is 3.08. The van der Waals surface area contributed by atoms with Crippen LogP contribution >= 0.6 is 23.4 Å². The number of hydrogen-bond acceptors (Lipinski definition) is 10. The first kappa shape index (κ1) is 23.6. The van der Waals surface area contributed by atoms with Crippen molar-refractivity contribution in [1.82, 2.24) is 5.32 Å². The third kappa shape index (κ3) is 5.78. The average molecular weight is 497 g/mol. The Morgan fingerprint density at radius 3 is 2.69 bits per heavy atom. The van der Waals surface area contributed by atoms with E-state index in [1.54, 1.807) is 18.2 Å². The van der Waals surface area contributed by atoms with Gasteiger partial charge in [0, 0.05) is 18.0 Å². The number of nitrogens with one attached hydrogen (secondary N) is 1. The molecule has 1 fully saturated rings. The molecule has 0 radical (unpaired) electrons. The van der Waals surface area contributed by atoms with E-state index in [2.05, 4.69) is 15.5 Å². The van der Waals surface area contributed by atoms with Gasteiger partial charge < -0.3 is 24.1 Å². The van der Waals surface area contributed by atoms with E-state index in [-0.39, 0.29) is 26.6 Å². The van der Waals surface area contributed by atoms with Crippen LogP contribution in [-0.2, 0) is 19.7 Å². The van der Waals surface area contributed by atoms with Gasteiger partial charge in [-0.3, -0.25) is 4.79 Å². The number of ether oxygens (including phenoxy) is 1. The second-order valence-electron chi connectivity index (χ2n) is 6.21. The van der Waals surface area contributed by atoms with Crippen LogP contribution in [0.4, 0.5) is 0 Å². The fourth-order valence-electron chi connectivity index (χ4n) is 2.53. The van der Waals surface area contributed by atoms with Gasteiger partial charge in [-0.05, 0) is 24.3 Å². The van der Waals surface area contributed by atoms with Crippen molar-refractivity contribution in [2.24, 2.45) is 10.2 Å². The van der Waals surface area contributed by atoms with Gasteiger partial charge in [0.1, 0.15) is 4.90 Å². The van der Waals surface area contributed by atoms with Gasteiger partial charge in [0.15, 0.2) is 10.9 Å². The highest BCUT2D eigenvalue weighted by atomic mass is 35.5. The lowest BCUT2D eigenvalue weighted by Crippen LogP contribution is -2.31. The molecule has 32 heavy (non-hydrogen) atoms. The summed E-state index contributed by atoms with van der Waals surface area (Å²) in [5.74, 6) is -1.99. The largest absolute Gasteiger partial charge is 0.550 e. The molecule has 0 saturated carbocycles. The van der Waals surface area contributed by atoms with Gasteiger partial charge in [0.05, 0.1) is 23.6 Å². The minimum Gasteiger partial charge on any atom is -0.550 e. The number of aliphatic carboxylic acids is 1. The Morgan fingerprint density at radius 1 is 1.31 bits per heavy atom. The summed E-state index contributed by atoms with van der Waals surface area (Å²) in [7, 11) is -2.82. The minimum absolute atomic E-state index is 0.0451. The van der Waals surface area contributed by atoms with E-state index in [1.165, 1.54) is 37.6 Å². The lowest BCUT2D eigenvalue weighted by atomic mass is 10.2. The van der Waals surface area contributed by atoms with E-state index in [1.807, 2.05) is 0 Å². The van der Waals surface area contributed by atoms with Gasteiger partial charge in [0.25, 0.3) is 0 Å². The molecule has 10 nitrogen and oxygen atoms in total. The molecule has 1 aliphatic heterocycles. The van der Waals surface area contributed by atoms with Crippen molar-refractivity contribution in [3.63, 3.8) is 0 Å². The highest BCUT2D eigenvalue weighted by Crippen LogP contribution is 2.38. The molecule has 1 amide bonds. The summed E-state index contributed by atoms with van der Waals surface area (Å²) in [4.78, 5) is 22.3. The Balaban J connectivity index is 1.78. The highest BCUT2D eigenvalue weighted by Gasteiger charge is 2.30. The van der Waals surface area contributed by atoms with Crippen LogP contribution in [0.15, 0.2) is 57.6 Å². The highest BCUT2D eigenvalue weighted by molar-refractivity contribution is 8.15. The molecule has 2 aromatic rings. The molecule has 1 saturated heterocycles. The maximum absolute atomic E-state index is 12.5. The Kier molecular flexibility index (Phi) is 7.38. The molecule has 1 aliphatic rings. The second-order valence-corrected chi connectivity index (χ2v) is 9.35. The molecule has 0 spiro atoms. The van der Waals surface area contributed by atoms with Crippen molar-refractivity contribution < 1.29 is 32.0 Å². The van der Waals surface area contributed by atoms with Crippen LogP contribution in [0.2, 0.25) is 5.02 Å². The Morgan fingerprint density at radius 2 is 2.03 bits per heavy atom. The van der Waals surface area contributed by atoms with E-state index in [4.69, 9.17) is 20.5 Å². The second kappa shape index (κ2) is 10.0. The number of carbonyl (C=O) groups is 2. The van der Waals surface area contributed by atoms with Crippen LogP contribution in [0, 0.1) is 0 Å². The zero-order valence-electron chi connectivity index (χ0n) is 16.3. The third-order valence-corrected chi connectivity index (χ3v) is 6.55. The quantitative estimate of drug-likeness (QED) is 0.325. The van der Waals surface area contributed by atoms with Crippen molar-refractivity contribution in [1.29, 1.82) is 0 Å².